The molecule has 0 saturated carbocycles. The first-order valence-electron chi connectivity index (χ1n) is 10.5. The van der Waals surface area contributed by atoms with Gasteiger partial charge in [-0.05, 0) is 45.4 Å². The number of alkyl halides is 4. The number of carbonyl (C=O) groups excluding carboxylic acids is 1. The first-order chi connectivity index (χ1) is 15.3. The van der Waals surface area contributed by atoms with Gasteiger partial charge in [0.2, 0.25) is 0 Å². The molecular formula is C22H26F5N3O3. The maximum atomic E-state index is 15.1. The van der Waals surface area contributed by atoms with Crippen molar-refractivity contribution < 1.29 is 36.6 Å². The van der Waals surface area contributed by atoms with Crippen LogP contribution in [0.2, 0.25) is 0 Å². The minimum atomic E-state index is -4.88. The second-order valence-corrected chi connectivity index (χ2v) is 8.93. The zero-order chi connectivity index (χ0) is 24.6. The zero-order valence-electron chi connectivity index (χ0n) is 18.5. The summed E-state index contributed by atoms with van der Waals surface area (Å²) in [5.41, 5.74) is -2.03. The molecule has 2 heterocycles. The number of aromatic nitrogens is 2. The normalized spacial score (nSPS) is 19.6. The number of piperidine rings is 1. The van der Waals surface area contributed by atoms with Gasteiger partial charge in [-0.1, -0.05) is 0 Å². The van der Waals surface area contributed by atoms with Crippen LogP contribution < -0.4 is 0 Å². The van der Waals surface area contributed by atoms with Crippen LogP contribution in [0.3, 0.4) is 0 Å². The Balaban J connectivity index is 1.87. The van der Waals surface area contributed by atoms with Gasteiger partial charge in [0.25, 0.3) is 0 Å². The van der Waals surface area contributed by atoms with Crippen molar-refractivity contribution in [1.82, 2.24) is 14.5 Å². The molecule has 6 nitrogen and oxygen atoms in total. The quantitative estimate of drug-likeness (QED) is 0.648. The van der Waals surface area contributed by atoms with Crippen LogP contribution in [0.1, 0.15) is 44.5 Å². The molecule has 1 N–H and O–H groups in total. The van der Waals surface area contributed by atoms with Gasteiger partial charge >= 0.3 is 12.3 Å². The van der Waals surface area contributed by atoms with Crippen molar-refractivity contribution in [3.8, 4) is 11.3 Å². The van der Waals surface area contributed by atoms with Crippen LogP contribution in [0, 0.1) is 5.82 Å². The van der Waals surface area contributed by atoms with Crippen molar-refractivity contribution in [2.24, 2.45) is 0 Å². The molecule has 1 aliphatic heterocycles. The summed E-state index contributed by atoms with van der Waals surface area (Å²) in [4.78, 5) is 17.9. The highest BCUT2D eigenvalue weighted by Gasteiger charge is 2.37. The molecule has 11 heteroatoms. The number of imidazole rings is 1. The van der Waals surface area contributed by atoms with E-state index in [1.165, 1.54) is 15.7 Å². The summed E-state index contributed by atoms with van der Waals surface area (Å²) in [7, 11) is 0. The number of rotatable bonds is 4. The van der Waals surface area contributed by atoms with E-state index >= 15 is 4.39 Å². The van der Waals surface area contributed by atoms with E-state index in [1.54, 1.807) is 20.8 Å². The number of likely N-dealkylation sites (tertiary alicyclic amines) is 1. The second-order valence-electron chi connectivity index (χ2n) is 8.93. The van der Waals surface area contributed by atoms with E-state index in [-0.39, 0.29) is 49.7 Å². The molecular weight excluding hydrogens is 449 g/mol. The molecule has 2 atom stereocenters. The topological polar surface area (TPSA) is 67.6 Å². The van der Waals surface area contributed by atoms with Gasteiger partial charge in [-0.25, -0.2) is 18.6 Å². The Hall–Kier alpha value is -2.69. The number of aliphatic hydroxyl groups excluding tert-OH is 1. The summed E-state index contributed by atoms with van der Waals surface area (Å²) >= 11 is 0. The number of amides is 1. The summed E-state index contributed by atoms with van der Waals surface area (Å²) in [5, 5.41) is 9.39. The largest absolute Gasteiger partial charge is 0.444 e. The van der Waals surface area contributed by atoms with Crippen molar-refractivity contribution >= 4 is 6.09 Å². The van der Waals surface area contributed by atoms with E-state index in [0.29, 0.717) is 12.1 Å². The SMILES string of the molecule is CC(C)(C)OC(=O)N1CC[C@@H](c2nc(-c3ccc(F)c(C(F)(F)F)c3)cn2CCO)[C@H](F)C1. The highest BCUT2D eigenvalue weighted by Crippen LogP contribution is 2.36. The highest BCUT2D eigenvalue weighted by atomic mass is 19.4. The molecule has 182 valence electrons. The number of hydrogen-bond donors (Lipinski definition) is 1. The summed E-state index contributed by atoms with van der Waals surface area (Å²) in [6.45, 7) is 4.85. The first-order valence-corrected chi connectivity index (χ1v) is 10.5. The minimum Gasteiger partial charge on any atom is -0.444 e. The van der Waals surface area contributed by atoms with Gasteiger partial charge in [-0.3, -0.25) is 0 Å². The summed E-state index contributed by atoms with van der Waals surface area (Å²) in [5.74, 6) is -1.90. The number of halogens is 5. The lowest BCUT2D eigenvalue weighted by Crippen LogP contribution is -2.46. The number of hydrogen-bond acceptors (Lipinski definition) is 4. The van der Waals surface area contributed by atoms with Crippen LogP contribution in [-0.2, 0) is 17.5 Å². The smallest absolute Gasteiger partial charge is 0.419 e. The minimum absolute atomic E-state index is 0.0169. The molecule has 2 aromatic rings. The van der Waals surface area contributed by atoms with Gasteiger partial charge in [0, 0.05) is 24.8 Å². The molecule has 1 saturated heterocycles. The number of benzene rings is 1. The van der Waals surface area contributed by atoms with Crippen LogP contribution in [0.4, 0.5) is 26.7 Å². The van der Waals surface area contributed by atoms with Gasteiger partial charge in [-0.15, -0.1) is 0 Å². The molecule has 1 amide bonds. The Labute approximate surface area is 188 Å². The van der Waals surface area contributed by atoms with E-state index in [9.17, 15) is 27.5 Å². The van der Waals surface area contributed by atoms with Gasteiger partial charge in [0.15, 0.2) is 0 Å². The molecule has 3 rings (SSSR count). The lowest BCUT2D eigenvalue weighted by Gasteiger charge is -2.35. The predicted octanol–water partition coefficient (Wildman–Crippen LogP) is 4.76. The molecule has 1 aromatic heterocycles. The van der Waals surface area contributed by atoms with E-state index in [4.69, 9.17) is 4.74 Å². The van der Waals surface area contributed by atoms with Crippen LogP contribution >= 0.6 is 0 Å². The third-order valence-electron chi connectivity index (χ3n) is 5.24. The first kappa shape index (κ1) is 24.9. The number of nitrogens with zero attached hydrogens (tertiary/aromatic N) is 3. The Kier molecular flexibility index (Phi) is 7.01. The Morgan fingerprint density at radius 2 is 1.97 bits per heavy atom. The lowest BCUT2D eigenvalue weighted by atomic mass is 9.94. The van der Waals surface area contributed by atoms with Crippen LogP contribution in [0.15, 0.2) is 24.4 Å². The third kappa shape index (κ3) is 5.82. The standard InChI is InChI=1S/C22H26F5N3O3/c1-21(2,3)33-20(32)30-7-6-14(17(24)11-30)19-28-18(12-29(19)8-9-31)13-4-5-16(23)15(10-13)22(25,26)27/h4-5,10,12,14,17,31H,6-9,11H2,1-3H3/t14-,17-/m1/s1. The molecule has 1 fully saturated rings. The van der Waals surface area contributed by atoms with Gasteiger partial charge in [0.05, 0.1) is 30.3 Å². The van der Waals surface area contributed by atoms with Crippen LogP contribution in [0.5, 0.6) is 0 Å². The van der Waals surface area contributed by atoms with E-state index in [2.05, 4.69) is 4.98 Å². The molecule has 0 radical (unpaired) electrons. The average Bonchev–Trinajstić information content (AvgIpc) is 3.10. The van der Waals surface area contributed by atoms with Crippen molar-refractivity contribution in [3.63, 3.8) is 0 Å². The zero-order valence-corrected chi connectivity index (χ0v) is 18.5. The van der Waals surface area contributed by atoms with Gasteiger partial charge < -0.3 is 19.3 Å². The summed E-state index contributed by atoms with van der Waals surface area (Å²) in [6, 6.07) is 2.53. The molecule has 0 spiro atoms. The molecule has 1 aliphatic rings. The maximum Gasteiger partial charge on any atom is 0.419 e. The third-order valence-corrected chi connectivity index (χ3v) is 5.24. The van der Waals surface area contributed by atoms with Crippen molar-refractivity contribution in [1.29, 1.82) is 0 Å². The fraction of sp³-hybridized carbons (Fsp3) is 0.545. The predicted molar refractivity (Wildman–Crippen MR) is 110 cm³/mol. The Bertz CT molecular complexity index is 1000. The van der Waals surface area contributed by atoms with Crippen molar-refractivity contribution in [2.45, 2.75) is 57.6 Å². The summed E-state index contributed by atoms with van der Waals surface area (Å²) in [6.07, 6.45) is -5.40. The Morgan fingerprint density at radius 3 is 2.55 bits per heavy atom. The molecule has 0 unspecified atom stereocenters. The number of aliphatic hydroxyl groups is 1. The number of carbonyl (C=O) groups is 1. The summed E-state index contributed by atoms with van der Waals surface area (Å²) < 4.78 is 74.9. The second kappa shape index (κ2) is 9.28. The lowest BCUT2D eigenvalue weighted by molar-refractivity contribution is -0.139. The molecule has 1 aromatic carbocycles. The van der Waals surface area contributed by atoms with Gasteiger partial charge in [0.1, 0.15) is 23.4 Å². The average molecular weight is 475 g/mol. The van der Waals surface area contributed by atoms with E-state index in [0.717, 1.165) is 6.07 Å². The highest BCUT2D eigenvalue weighted by molar-refractivity contribution is 5.68. The Morgan fingerprint density at radius 1 is 1.27 bits per heavy atom. The molecule has 0 aliphatic carbocycles. The number of ether oxygens (including phenoxy) is 1. The fourth-order valence-corrected chi connectivity index (χ4v) is 3.74. The van der Waals surface area contributed by atoms with Crippen LogP contribution in [-0.4, -0.2) is 57.1 Å². The fourth-order valence-electron chi connectivity index (χ4n) is 3.74. The van der Waals surface area contributed by atoms with Gasteiger partial charge in [-0.2, -0.15) is 13.2 Å². The van der Waals surface area contributed by atoms with E-state index < -0.39 is 41.3 Å². The van der Waals surface area contributed by atoms with Crippen molar-refractivity contribution in [2.75, 3.05) is 19.7 Å². The van der Waals surface area contributed by atoms with Crippen molar-refractivity contribution in [3.05, 3.63) is 41.6 Å². The molecule has 0 bridgehead atoms. The van der Waals surface area contributed by atoms with Crippen LogP contribution in [0.25, 0.3) is 11.3 Å². The van der Waals surface area contributed by atoms with E-state index in [1.807, 2.05) is 0 Å². The molecule has 33 heavy (non-hydrogen) atoms. The maximum absolute atomic E-state index is 15.1. The monoisotopic (exact) mass is 475 g/mol.